The zero-order valence-corrected chi connectivity index (χ0v) is 12.4. The summed E-state index contributed by atoms with van der Waals surface area (Å²) in [5.41, 5.74) is 8.24. The maximum atomic E-state index is 6.24. The lowest BCUT2D eigenvalue weighted by Crippen LogP contribution is -2.04. The van der Waals surface area contributed by atoms with Crippen LogP contribution in [0.25, 0.3) is 11.3 Å². The second-order valence-electron chi connectivity index (χ2n) is 3.78. The van der Waals surface area contributed by atoms with E-state index in [-0.39, 0.29) is 0 Å². The first-order valence-corrected chi connectivity index (χ1v) is 6.51. The van der Waals surface area contributed by atoms with E-state index in [1.54, 1.807) is 17.9 Å². The average Bonchev–Trinajstić information content (AvgIpc) is 2.64. The molecule has 0 bridgehead atoms. The zero-order chi connectivity index (χ0) is 13.3. The van der Waals surface area contributed by atoms with Gasteiger partial charge < -0.3 is 10.5 Å². The van der Waals surface area contributed by atoms with Crippen molar-refractivity contribution in [3.63, 3.8) is 0 Å². The van der Waals surface area contributed by atoms with Gasteiger partial charge in [0.2, 0.25) is 0 Å². The van der Waals surface area contributed by atoms with E-state index in [9.17, 15) is 0 Å². The largest absolute Gasteiger partial charge is 0.497 e. The molecule has 0 saturated carbocycles. The number of aryl methyl sites for hydroxylation is 1. The molecule has 0 spiro atoms. The molecule has 0 saturated heterocycles. The number of halogens is 2. The van der Waals surface area contributed by atoms with Gasteiger partial charge in [-0.2, -0.15) is 5.10 Å². The average molecular weight is 331 g/mol. The van der Waals surface area contributed by atoms with Crippen LogP contribution in [-0.2, 0) is 13.6 Å². The fourth-order valence-electron chi connectivity index (χ4n) is 1.74. The van der Waals surface area contributed by atoms with Gasteiger partial charge in [-0.15, -0.1) is 0 Å². The second kappa shape index (κ2) is 5.30. The van der Waals surface area contributed by atoms with Gasteiger partial charge in [0.1, 0.15) is 11.4 Å². The van der Waals surface area contributed by atoms with Crippen LogP contribution in [0, 0.1) is 0 Å². The summed E-state index contributed by atoms with van der Waals surface area (Å²) in [7, 11) is 3.46. The van der Waals surface area contributed by atoms with E-state index in [1.165, 1.54) is 0 Å². The maximum absolute atomic E-state index is 6.24. The number of ether oxygens (including phenoxy) is 1. The van der Waals surface area contributed by atoms with Gasteiger partial charge in [0.05, 0.1) is 22.3 Å². The molecular formula is C12H13BrClN3O. The standard InChI is InChI=1S/C12H13BrClN3O/c1-17-10(6-15)11(13)12(16-17)8-4-3-7(18-2)5-9(8)14/h3-5H,6,15H2,1-2H3. The summed E-state index contributed by atoms with van der Waals surface area (Å²) >= 11 is 9.75. The van der Waals surface area contributed by atoms with Crippen LogP contribution in [0.1, 0.15) is 5.69 Å². The van der Waals surface area contributed by atoms with Gasteiger partial charge in [0.25, 0.3) is 0 Å². The molecule has 18 heavy (non-hydrogen) atoms. The Bertz CT molecular complexity index is 583. The van der Waals surface area contributed by atoms with Crippen LogP contribution in [0.2, 0.25) is 5.02 Å². The van der Waals surface area contributed by atoms with E-state index < -0.39 is 0 Å². The van der Waals surface area contributed by atoms with Gasteiger partial charge in [0, 0.05) is 19.2 Å². The highest BCUT2D eigenvalue weighted by Gasteiger charge is 2.16. The molecule has 4 nitrogen and oxygen atoms in total. The highest BCUT2D eigenvalue weighted by molar-refractivity contribution is 9.10. The number of nitrogens with two attached hydrogens (primary N) is 1. The van der Waals surface area contributed by atoms with Crippen molar-refractivity contribution >= 4 is 27.5 Å². The molecule has 2 rings (SSSR count). The predicted octanol–water partition coefficient (Wildman–Crippen LogP) is 2.97. The summed E-state index contributed by atoms with van der Waals surface area (Å²) in [6.45, 7) is 0.415. The molecule has 0 aliphatic heterocycles. The molecule has 2 N–H and O–H groups in total. The highest BCUT2D eigenvalue weighted by atomic mass is 79.9. The van der Waals surface area contributed by atoms with Crippen LogP contribution < -0.4 is 10.5 Å². The molecule has 2 aromatic rings. The first-order valence-electron chi connectivity index (χ1n) is 5.33. The predicted molar refractivity (Wildman–Crippen MR) is 75.8 cm³/mol. The Morgan fingerprint density at radius 1 is 1.50 bits per heavy atom. The Balaban J connectivity index is 2.55. The topological polar surface area (TPSA) is 53.1 Å². The lowest BCUT2D eigenvalue weighted by atomic mass is 10.1. The third-order valence-corrected chi connectivity index (χ3v) is 3.87. The van der Waals surface area contributed by atoms with Gasteiger partial charge in [0.15, 0.2) is 0 Å². The van der Waals surface area contributed by atoms with E-state index in [0.29, 0.717) is 11.6 Å². The lowest BCUT2D eigenvalue weighted by molar-refractivity contribution is 0.415. The fourth-order valence-corrected chi connectivity index (χ4v) is 2.71. The fraction of sp³-hybridized carbons (Fsp3) is 0.250. The van der Waals surface area contributed by atoms with E-state index in [4.69, 9.17) is 22.1 Å². The van der Waals surface area contributed by atoms with Crippen LogP contribution >= 0.6 is 27.5 Å². The van der Waals surface area contributed by atoms with Crippen molar-refractivity contribution in [3.05, 3.63) is 33.4 Å². The first kappa shape index (κ1) is 13.4. The number of nitrogens with zero attached hydrogens (tertiary/aromatic N) is 2. The summed E-state index contributed by atoms with van der Waals surface area (Å²) in [5.74, 6) is 0.717. The number of methoxy groups -OCH3 is 1. The molecule has 1 aromatic heterocycles. The quantitative estimate of drug-likeness (QED) is 0.941. The smallest absolute Gasteiger partial charge is 0.120 e. The Hall–Kier alpha value is -1.04. The SMILES string of the molecule is COc1ccc(-c2nn(C)c(CN)c2Br)c(Cl)c1. The third kappa shape index (κ3) is 2.25. The molecule has 0 atom stereocenters. The van der Waals surface area contributed by atoms with Gasteiger partial charge in [-0.05, 0) is 34.1 Å². The van der Waals surface area contributed by atoms with Crippen LogP contribution in [-0.4, -0.2) is 16.9 Å². The Labute approximate surface area is 119 Å². The van der Waals surface area contributed by atoms with E-state index in [2.05, 4.69) is 21.0 Å². The number of benzene rings is 1. The number of hydrogen-bond donors (Lipinski definition) is 1. The molecule has 1 heterocycles. The van der Waals surface area contributed by atoms with Gasteiger partial charge in [-0.1, -0.05) is 11.6 Å². The summed E-state index contributed by atoms with van der Waals surface area (Å²) in [5, 5.41) is 5.03. The van der Waals surface area contributed by atoms with Crippen LogP contribution in [0.5, 0.6) is 5.75 Å². The molecule has 96 valence electrons. The molecule has 6 heteroatoms. The van der Waals surface area contributed by atoms with Crippen LogP contribution in [0.3, 0.4) is 0 Å². The molecule has 0 aliphatic rings. The number of aromatic nitrogens is 2. The molecule has 0 fully saturated rings. The van der Waals surface area contributed by atoms with Crippen molar-refractivity contribution in [3.8, 4) is 17.0 Å². The zero-order valence-electron chi connectivity index (χ0n) is 10.1. The van der Waals surface area contributed by atoms with Gasteiger partial charge >= 0.3 is 0 Å². The maximum Gasteiger partial charge on any atom is 0.120 e. The Morgan fingerprint density at radius 3 is 2.72 bits per heavy atom. The minimum absolute atomic E-state index is 0.415. The molecule has 0 unspecified atom stereocenters. The third-order valence-electron chi connectivity index (χ3n) is 2.73. The Kier molecular flexibility index (Phi) is 3.94. The summed E-state index contributed by atoms with van der Waals surface area (Å²) in [4.78, 5) is 0. The lowest BCUT2D eigenvalue weighted by Gasteiger charge is -2.04. The van der Waals surface area contributed by atoms with Gasteiger partial charge in [-0.25, -0.2) is 0 Å². The number of rotatable bonds is 3. The van der Waals surface area contributed by atoms with Crippen molar-refractivity contribution in [2.45, 2.75) is 6.54 Å². The van der Waals surface area contributed by atoms with Gasteiger partial charge in [-0.3, -0.25) is 4.68 Å². The molecular weight excluding hydrogens is 318 g/mol. The van der Waals surface area contributed by atoms with E-state index in [1.807, 2.05) is 19.2 Å². The minimum atomic E-state index is 0.415. The minimum Gasteiger partial charge on any atom is -0.497 e. The molecule has 0 aliphatic carbocycles. The summed E-state index contributed by atoms with van der Waals surface area (Å²) < 4.78 is 7.75. The van der Waals surface area contributed by atoms with Crippen LogP contribution in [0.4, 0.5) is 0 Å². The number of hydrogen-bond acceptors (Lipinski definition) is 3. The monoisotopic (exact) mass is 329 g/mol. The normalized spacial score (nSPS) is 10.7. The first-order chi connectivity index (χ1) is 8.58. The Morgan fingerprint density at radius 2 is 2.22 bits per heavy atom. The highest BCUT2D eigenvalue weighted by Crippen LogP contribution is 2.36. The van der Waals surface area contributed by atoms with Crippen molar-refractivity contribution in [2.75, 3.05) is 7.11 Å². The second-order valence-corrected chi connectivity index (χ2v) is 4.98. The van der Waals surface area contributed by atoms with Crippen molar-refractivity contribution < 1.29 is 4.74 Å². The summed E-state index contributed by atoms with van der Waals surface area (Å²) in [6.07, 6.45) is 0. The van der Waals surface area contributed by atoms with E-state index in [0.717, 1.165) is 27.2 Å². The van der Waals surface area contributed by atoms with Crippen molar-refractivity contribution in [1.29, 1.82) is 0 Å². The molecule has 0 radical (unpaired) electrons. The van der Waals surface area contributed by atoms with Crippen molar-refractivity contribution in [2.24, 2.45) is 12.8 Å². The summed E-state index contributed by atoms with van der Waals surface area (Å²) in [6, 6.07) is 5.50. The van der Waals surface area contributed by atoms with E-state index >= 15 is 0 Å². The van der Waals surface area contributed by atoms with Crippen LogP contribution in [0.15, 0.2) is 22.7 Å². The van der Waals surface area contributed by atoms with Crippen molar-refractivity contribution in [1.82, 2.24) is 9.78 Å². The molecule has 0 amide bonds. The molecule has 1 aromatic carbocycles.